The van der Waals surface area contributed by atoms with Crippen molar-refractivity contribution in [3.63, 3.8) is 0 Å². The molecule has 2 heterocycles. The minimum atomic E-state index is 0.175. The molecule has 2 aromatic carbocycles. The lowest BCUT2D eigenvalue weighted by molar-refractivity contribution is 0.338. The van der Waals surface area contributed by atoms with E-state index in [9.17, 15) is 5.11 Å². The first-order valence-electron chi connectivity index (χ1n) is 8.02. The van der Waals surface area contributed by atoms with Crippen LogP contribution < -0.4 is 10.1 Å². The average Bonchev–Trinajstić information content (AvgIpc) is 2.95. The molecule has 0 saturated carbocycles. The maximum atomic E-state index is 10.1. The van der Waals surface area contributed by atoms with Gasteiger partial charge in [0.1, 0.15) is 23.6 Å². The zero-order valence-electron chi connectivity index (χ0n) is 13.9. The van der Waals surface area contributed by atoms with Gasteiger partial charge in [0.25, 0.3) is 0 Å². The number of phenolic OH excluding ortho intramolecular Hbond substituents is 1. The van der Waals surface area contributed by atoms with Crippen molar-refractivity contribution in [3.8, 4) is 11.5 Å². The highest BCUT2D eigenvalue weighted by molar-refractivity contribution is 5.92. The molecule has 24 heavy (non-hydrogen) atoms. The van der Waals surface area contributed by atoms with Crippen LogP contribution in [0.3, 0.4) is 0 Å². The summed E-state index contributed by atoms with van der Waals surface area (Å²) in [7, 11) is 0. The number of ether oxygens (including phenoxy) is 1. The number of benzene rings is 2. The molecule has 5 nitrogen and oxygen atoms in total. The van der Waals surface area contributed by atoms with Crippen molar-refractivity contribution in [2.45, 2.75) is 26.7 Å². The Balaban J connectivity index is 1.83. The van der Waals surface area contributed by atoms with Gasteiger partial charge in [0.2, 0.25) is 0 Å². The molecule has 0 spiro atoms. The Kier molecular flexibility index (Phi) is 3.30. The fourth-order valence-corrected chi connectivity index (χ4v) is 3.15. The highest BCUT2D eigenvalue weighted by Gasteiger charge is 2.27. The van der Waals surface area contributed by atoms with Crippen LogP contribution in [0.4, 0.5) is 11.5 Å². The number of fused-ring (bicyclic) bond motifs is 2. The predicted molar refractivity (Wildman–Crippen MR) is 94.3 cm³/mol. The standard InChI is InChI=1S/C19H19N3O2/c1-10-6-13-15(7-11(10)2)20-9-21-19(13)22-14-4-5-16(23)17-12(3)8-24-18(14)17/h4-7,9,12,23H,8H2,1-3H3,(H,20,21,22). The molecule has 0 saturated heterocycles. The number of nitrogens with one attached hydrogen (secondary N) is 1. The largest absolute Gasteiger partial charge is 0.508 e. The van der Waals surface area contributed by atoms with Crippen molar-refractivity contribution in [3.05, 3.63) is 47.3 Å². The summed E-state index contributed by atoms with van der Waals surface area (Å²) >= 11 is 0. The van der Waals surface area contributed by atoms with E-state index in [-0.39, 0.29) is 11.7 Å². The molecule has 0 amide bonds. The second kappa shape index (κ2) is 5.37. The van der Waals surface area contributed by atoms with Gasteiger partial charge in [-0.2, -0.15) is 0 Å². The fraction of sp³-hybridized carbons (Fsp3) is 0.263. The van der Waals surface area contributed by atoms with Gasteiger partial charge in [0.05, 0.1) is 17.8 Å². The van der Waals surface area contributed by atoms with Crippen molar-refractivity contribution in [2.75, 3.05) is 11.9 Å². The van der Waals surface area contributed by atoms with Crippen molar-refractivity contribution in [2.24, 2.45) is 0 Å². The topological polar surface area (TPSA) is 67.3 Å². The zero-order chi connectivity index (χ0) is 16.8. The predicted octanol–water partition coefficient (Wildman–Crippen LogP) is 4.19. The number of nitrogens with zero attached hydrogens (tertiary/aromatic N) is 2. The molecule has 1 aliphatic rings. The van der Waals surface area contributed by atoms with Crippen molar-refractivity contribution >= 4 is 22.4 Å². The van der Waals surface area contributed by atoms with Gasteiger partial charge in [0, 0.05) is 16.9 Å². The van der Waals surface area contributed by atoms with E-state index >= 15 is 0 Å². The fourth-order valence-electron chi connectivity index (χ4n) is 3.15. The van der Waals surface area contributed by atoms with Gasteiger partial charge >= 0.3 is 0 Å². The average molecular weight is 321 g/mol. The normalized spacial score (nSPS) is 16.0. The van der Waals surface area contributed by atoms with E-state index in [1.54, 1.807) is 12.4 Å². The Labute approximate surface area is 140 Å². The molecule has 3 aromatic rings. The summed E-state index contributed by atoms with van der Waals surface area (Å²) in [6.07, 6.45) is 1.56. The number of anilines is 2. The van der Waals surface area contributed by atoms with Crippen LogP contribution in [0.15, 0.2) is 30.6 Å². The molecule has 2 N–H and O–H groups in total. The molecule has 1 aliphatic heterocycles. The number of rotatable bonds is 2. The van der Waals surface area contributed by atoms with Crippen LogP contribution in [-0.4, -0.2) is 21.7 Å². The second-order valence-electron chi connectivity index (χ2n) is 6.39. The monoisotopic (exact) mass is 321 g/mol. The molecule has 0 radical (unpaired) electrons. The molecule has 5 heteroatoms. The lowest BCUT2D eigenvalue weighted by Crippen LogP contribution is -1.99. The first kappa shape index (κ1) is 14.8. The van der Waals surface area contributed by atoms with E-state index in [0.29, 0.717) is 12.4 Å². The maximum absolute atomic E-state index is 10.1. The van der Waals surface area contributed by atoms with Gasteiger partial charge in [-0.05, 0) is 49.2 Å². The summed E-state index contributed by atoms with van der Waals surface area (Å²) in [6.45, 7) is 6.77. The molecule has 1 unspecified atom stereocenters. The molecular weight excluding hydrogens is 302 g/mol. The number of aromatic hydroxyl groups is 1. The molecular formula is C19H19N3O2. The summed E-state index contributed by atoms with van der Waals surface area (Å²) in [4.78, 5) is 8.76. The van der Waals surface area contributed by atoms with Crippen molar-refractivity contribution < 1.29 is 9.84 Å². The SMILES string of the molecule is Cc1cc2ncnc(Nc3ccc(O)c4c3OCC4C)c2cc1C. The van der Waals surface area contributed by atoms with Gasteiger partial charge < -0.3 is 15.2 Å². The van der Waals surface area contributed by atoms with E-state index in [4.69, 9.17) is 4.74 Å². The van der Waals surface area contributed by atoms with Gasteiger partial charge in [-0.3, -0.25) is 0 Å². The minimum Gasteiger partial charge on any atom is -0.508 e. The summed E-state index contributed by atoms with van der Waals surface area (Å²) < 4.78 is 5.78. The Hall–Kier alpha value is -2.82. The Bertz CT molecular complexity index is 953. The summed E-state index contributed by atoms with van der Waals surface area (Å²) in [6, 6.07) is 7.68. The Morgan fingerprint density at radius 1 is 1.17 bits per heavy atom. The molecule has 0 bridgehead atoms. The van der Waals surface area contributed by atoms with Gasteiger partial charge in [-0.15, -0.1) is 0 Å². The van der Waals surface area contributed by atoms with Crippen LogP contribution in [0.1, 0.15) is 29.5 Å². The van der Waals surface area contributed by atoms with Gasteiger partial charge in [-0.25, -0.2) is 9.97 Å². The first-order chi connectivity index (χ1) is 11.5. The van der Waals surface area contributed by atoms with Crippen LogP contribution >= 0.6 is 0 Å². The third-order valence-electron chi connectivity index (χ3n) is 4.65. The van der Waals surface area contributed by atoms with Crippen LogP contribution in [0.2, 0.25) is 0 Å². The van der Waals surface area contributed by atoms with E-state index in [2.05, 4.69) is 41.3 Å². The van der Waals surface area contributed by atoms with Crippen molar-refractivity contribution in [1.29, 1.82) is 0 Å². The minimum absolute atomic E-state index is 0.175. The highest BCUT2D eigenvalue weighted by Crippen LogP contribution is 2.45. The van der Waals surface area contributed by atoms with E-state index in [0.717, 1.165) is 28.0 Å². The summed E-state index contributed by atoms with van der Waals surface area (Å²) in [5, 5.41) is 14.4. The van der Waals surface area contributed by atoms with Crippen LogP contribution in [-0.2, 0) is 0 Å². The van der Waals surface area contributed by atoms with Gasteiger partial charge in [0.15, 0.2) is 0 Å². The first-order valence-corrected chi connectivity index (χ1v) is 8.02. The number of hydrogen-bond donors (Lipinski definition) is 2. The van der Waals surface area contributed by atoms with E-state index in [1.165, 1.54) is 11.1 Å². The summed E-state index contributed by atoms with van der Waals surface area (Å²) in [5.41, 5.74) is 4.96. The molecule has 4 rings (SSSR count). The third kappa shape index (κ3) is 2.24. The Morgan fingerprint density at radius 3 is 2.79 bits per heavy atom. The second-order valence-corrected chi connectivity index (χ2v) is 6.39. The highest BCUT2D eigenvalue weighted by atomic mass is 16.5. The Morgan fingerprint density at radius 2 is 1.96 bits per heavy atom. The molecule has 1 aromatic heterocycles. The van der Waals surface area contributed by atoms with Crippen LogP contribution in [0, 0.1) is 13.8 Å². The molecule has 1 atom stereocenters. The lowest BCUT2D eigenvalue weighted by atomic mass is 10.0. The van der Waals surface area contributed by atoms with Crippen LogP contribution in [0.5, 0.6) is 11.5 Å². The molecule has 0 fully saturated rings. The number of phenols is 1. The number of aryl methyl sites for hydroxylation is 2. The zero-order valence-corrected chi connectivity index (χ0v) is 13.9. The van der Waals surface area contributed by atoms with Gasteiger partial charge in [-0.1, -0.05) is 6.92 Å². The third-order valence-corrected chi connectivity index (χ3v) is 4.65. The summed E-state index contributed by atoms with van der Waals surface area (Å²) in [5.74, 6) is 1.89. The quantitative estimate of drug-likeness (QED) is 0.693. The number of aromatic nitrogens is 2. The molecule has 0 aliphatic carbocycles. The van der Waals surface area contributed by atoms with E-state index < -0.39 is 0 Å². The maximum Gasteiger partial charge on any atom is 0.150 e. The lowest BCUT2D eigenvalue weighted by Gasteiger charge is -2.13. The van der Waals surface area contributed by atoms with E-state index in [1.807, 2.05) is 13.0 Å². The molecule has 122 valence electrons. The van der Waals surface area contributed by atoms with Crippen LogP contribution in [0.25, 0.3) is 10.9 Å². The smallest absolute Gasteiger partial charge is 0.150 e. The number of hydrogen-bond acceptors (Lipinski definition) is 5. The van der Waals surface area contributed by atoms with Crippen molar-refractivity contribution in [1.82, 2.24) is 9.97 Å².